The van der Waals surface area contributed by atoms with Crippen LogP contribution in [0.2, 0.25) is 0 Å². The number of carbonyl (C=O) groups excluding carboxylic acids is 1. The summed E-state index contributed by atoms with van der Waals surface area (Å²) in [6.45, 7) is 0. The minimum absolute atomic E-state index is 0.227. The molecule has 0 radical (unpaired) electrons. The second-order valence-electron chi connectivity index (χ2n) is 5.29. The van der Waals surface area contributed by atoms with Crippen LogP contribution >= 0.6 is 11.3 Å². The fourth-order valence-electron chi connectivity index (χ4n) is 2.96. The summed E-state index contributed by atoms with van der Waals surface area (Å²) >= 11 is 1.66. The second-order valence-corrected chi connectivity index (χ2v) is 6.33. The van der Waals surface area contributed by atoms with E-state index in [0.29, 0.717) is 12.5 Å². The minimum atomic E-state index is 0.227. The van der Waals surface area contributed by atoms with Crippen LogP contribution in [-0.2, 0) is 11.2 Å². The Labute approximate surface area is 124 Å². The van der Waals surface area contributed by atoms with Crippen molar-refractivity contribution in [1.29, 1.82) is 0 Å². The summed E-state index contributed by atoms with van der Waals surface area (Å²) in [4.78, 5) is 15.9. The average molecular weight is 285 g/mol. The Morgan fingerprint density at radius 2 is 1.85 bits per heavy atom. The highest BCUT2D eigenvalue weighted by Crippen LogP contribution is 2.29. The Kier molecular flexibility index (Phi) is 4.16. The maximum Gasteiger partial charge on any atom is 0.232 e. The van der Waals surface area contributed by atoms with E-state index in [0.717, 1.165) is 23.4 Å². The Bertz CT molecular complexity index is 544. The average Bonchev–Trinajstić information content (AvgIpc) is 3.14. The van der Waals surface area contributed by atoms with Crippen molar-refractivity contribution < 1.29 is 4.79 Å². The molecule has 0 N–H and O–H groups in total. The van der Waals surface area contributed by atoms with Crippen molar-refractivity contribution in [3.05, 3.63) is 52.7 Å². The maximum absolute atomic E-state index is 12.7. The third-order valence-corrected chi connectivity index (χ3v) is 4.77. The molecule has 1 saturated carbocycles. The summed E-state index contributed by atoms with van der Waals surface area (Å²) in [5.74, 6) is 0.227. The summed E-state index contributed by atoms with van der Waals surface area (Å²) < 4.78 is 0. The molecule has 0 saturated heterocycles. The summed E-state index contributed by atoms with van der Waals surface area (Å²) in [5.41, 5.74) is 1.04. The Hall–Kier alpha value is -1.61. The molecule has 1 fully saturated rings. The minimum Gasteiger partial charge on any atom is -0.309 e. The molecule has 1 aliphatic rings. The number of anilines is 1. The van der Waals surface area contributed by atoms with Crippen molar-refractivity contribution in [2.45, 2.75) is 38.1 Å². The number of benzene rings is 1. The van der Waals surface area contributed by atoms with Gasteiger partial charge in [0.15, 0.2) is 0 Å². The molecule has 1 amide bonds. The van der Waals surface area contributed by atoms with E-state index < -0.39 is 0 Å². The van der Waals surface area contributed by atoms with Crippen LogP contribution in [0.25, 0.3) is 0 Å². The molecule has 0 unspecified atom stereocenters. The number of rotatable bonds is 4. The molecular weight excluding hydrogens is 266 g/mol. The topological polar surface area (TPSA) is 20.3 Å². The predicted molar refractivity (Wildman–Crippen MR) is 84.2 cm³/mol. The highest BCUT2D eigenvalue weighted by Gasteiger charge is 2.27. The molecule has 104 valence electrons. The highest BCUT2D eigenvalue weighted by molar-refractivity contribution is 7.10. The van der Waals surface area contributed by atoms with Gasteiger partial charge in [-0.3, -0.25) is 4.79 Å². The lowest BCUT2D eigenvalue weighted by Gasteiger charge is -2.29. The standard InChI is InChI=1S/C17H19NOS/c19-17(13-16-11-6-12-20-16)18(15-9-4-5-10-15)14-7-2-1-3-8-14/h1-3,6-8,11-12,15H,4-5,9-10,13H2. The van der Waals surface area contributed by atoms with Gasteiger partial charge in [0.1, 0.15) is 0 Å². The molecule has 1 aliphatic carbocycles. The highest BCUT2D eigenvalue weighted by atomic mass is 32.1. The molecule has 1 heterocycles. The van der Waals surface area contributed by atoms with Crippen LogP contribution in [-0.4, -0.2) is 11.9 Å². The van der Waals surface area contributed by atoms with Crippen LogP contribution in [0.5, 0.6) is 0 Å². The normalized spacial score (nSPS) is 15.4. The molecule has 1 aromatic heterocycles. The van der Waals surface area contributed by atoms with E-state index in [-0.39, 0.29) is 5.91 Å². The second kappa shape index (κ2) is 6.23. The molecule has 0 aliphatic heterocycles. The zero-order chi connectivity index (χ0) is 13.8. The zero-order valence-electron chi connectivity index (χ0n) is 11.5. The lowest BCUT2D eigenvalue weighted by Crippen LogP contribution is -2.39. The van der Waals surface area contributed by atoms with Gasteiger partial charge in [-0.1, -0.05) is 37.1 Å². The molecule has 3 heteroatoms. The number of nitrogens with zero attached hydrogens (tertiary/aromatic N) is 1. The molecule has 2 aromatic rings. The van der Waals surface area contributed by atoms with Gasteiger partial charge in [-0.05, 0) is 36.4 Å². The molecule has 20 heavy (non-hydrogen) atoms. The van der Waals surface area contributed by atoms with E-state index >= 15 is 0 Å². The van der Waals surface area contributed by atoms with Gasteiger partial charge in [0.25, 0.3) is 0 Å². The van der Waals surface area contributed by atoms with Gasteiger partial charge in [0, 0.05) is 16.6 Å². The van der Waals surface area contributed by atoms with Crippen molar-refractivity contribution in [3.63, 3.8) is 0 Å². The third kappa shape index (κ3) is 2.93. The van der Waals surface area contributed by atoms with Crippen molar-refractivity contribution in [2.75, 3.05) is 4.90 Å². The Balaban J connectivity index is 1.83. The number of hydrogen-bond donors (Lipinski definition) is 0. The largest absolute Gasteiger partial charge is 0.309 e. The van der Waals surface area contributed by atoms with Crippen LogP contribution in [0, 0.1) is 0 Å². The van der Waals surface area contributed by atoms with Crippen LogP contribution in [0.3, 0.4) is 0 Å². The number of para-hydroxylation sites is 1. The first-order valence-electron chi connectivity index (χ1n) is 7.24. The smallest absolute Gasteiger partial charge is 0.232 e. The Morgan fingerprint density at radius 3 is 2.50 bits per heavy atom. The monoisotopic (exact) mass is 285 g/mol. The number of amides is 1. The molecule has 0 atom stereocenters. The first-order chi connectivity index (χ1) is 9.84. The van der Waals surface area contributed by atoms with Crippen molar-refractivity contribution in [2.24, 2.45) is 0 Å². The SMILES string of the molecule is O=C(Cc1cccs1)N(c1ccccc1)C1CCCC1. The number of carbonyl (C=O) groups is 1. The van der Waals surface area contributed by atoms with Crippen LogP contribution < -0.4 is 4.90 Å². The molecular formula is C17H19NOS. The predicted octanol–water partition coefficient (Wildman–Crippen LogP) is 4.27. The summed E-state index contributed by atoms with van der Waals surface area (Å²) in [7, 11) is 0. The number of thiophene rings is 1. The molecule has 0 spiro atoms. The van der Waals surface area contributed by atoms with Crippen LogP contribution in [0.1, 0.15) is 30.6 Å². The zero-order valence-corrected chi connectivity index (χ0v) is 12.3. The molecule has 2 nitrogen and oxygen atoms in total. The fourth-order valence-corrected chi connectivity index (χ4v) is 3.65. The van der Waals surface area contributed by atoms with Gasteiger partial charge >= 0.3 is 0 Å². The summed E-state index contributed by atoms with van der Waals surface area (Å²) in [6.07, 6.45) is 5.25. The van der Waals surface area contributed by atoms with Crippen LogP contribution in [0.4, 0.5) is 5.69 Å². The number of hydrogen-bond acceptors (Lipinski definition) is 2. The lowest BCUT2D eigenvalue weighted by molar-refractivity contribution is -0.118. The molecule has 3 rings (SSSR count). The first-order valence-corrected chi connectivity index (χ1v) is 8.12. The van der Waals surface area contributed by atoms with Crippen LogP contribution in [0.15, 0.2) is 47.8 Å². The van der Waals surface area contributed by atoms with E-state index in [2.05, 4.69) is 0 Å². The van der Waals surface area contributed by atoms with Gasteiger partial charge in [-0.15, -0.1) is 11.3 Å². The quantitative estimate of drug-likeness (QED) is 0.821. The van der Waals surface area contributed by atoms with E-state index in [1.54, 1.807) is 11.3 Å². The molecule has 1 aromatic carbocycles. The first kappa shape index (κ1) is 13.4. The summed E-state index contributed by atoms with van der Waals surface area (Å²) in [5, 5.41) is 2.03. The van der Waals surface area contributed by atoms with Crippen molar-refractivity contribution in [1.82, 2.24) is 0 Å². The maximum atomic E-state index is 12.7. The summed E-state index contributed by atoms with van der Waals surface area (Å²) in [6, 6.07) is 14.5. The van der Waals surface area contributed by atoms with Crippen molar-refractivity contribution >= 4 is 22.9 Å². The third-order valence-electron chi connectivity index (χ3n) is 3.90. The van der Waals surface area contributed by atoms with E-state index in [1.165, 1.54) is 12.8 Å². The van der Waals surface area contributed by atoms with Gasteiger partial charge in [0.2, 0.25) is 5.91 Å². The van der Waals surface area contributed by atoms with Gasteiger partial charge in [-0.25, -0.2) is 0 Å². The molecule has 0 bridgehead atoms. The van der Waals surface area contributed by atoms with E-state index in [4.69, 9.17) is 0 Å². The fraction of sp³-hybridized carbons (Fsp3) is 0.353. The Morgan fingerprint density at radius 1 is 1.10 bits per heavy atom. The lowest BCUT2D eigenvalue weighted by atomic mass is 10.1. The van der Waals surface area contributed by atoms with Gasteiger partial charge < -0.3 is 4.90 Å². The van der Waals surface area contributed by atoms with E-state index in [1.807, 2.05) is 52.7 Å². The van der Waals surface area contributed by atoms with Crippen molar-refractivity contribution in [3.8, 4) is 0 Å². The van der Waals surface area contributed by atoms with E-state index in [9.17, 15) is 4.79 Å². The van der Waals surface area contributed by atoms with Gasteiger partial charge in [0.05, 0.1) is 6.42 Å². The van der Waals surface area contributed by atoms with Gasteiger partial charge in [-0.2, -0.15) is 0 Å².